The maximum absolute atomic E-state index is 12.5. The Kier molecular flexibility index (Phi) is 4.85. The smallest absolute Gasteiger partial charge is 0.387 e. The minimum absolute atomic E-state index is 0.0239. The lowest BCUT2D eigenvalue weighted by molar-refractivity contribution is -0.0499. The second kappa shape index (κ2) is 7.21. The summed E-state index contributed by atoms with van der Waals surface area (Å²) in [5.74, 6) is 1.36. The standard InChI is InChI=1S/C17H16F2N4O/c18-17(19)24-14-7-4-3-6-12(14)10-13(11-20)16-22-21-15-8-2-1-5-9-23(15)16/h3-4,6-7,10,17H,1-2,5,8-9H2. The van der Waals surface area contributed by atoms with Gasteiger partial charge in [-0.15, -0.1) is 10.2 Å². The van der Waals surface area contributed by atoms with E-state index in [4.69, 9.17) is 0 Å². The number of hydrogen-bond donors (Lipinski definition) is 0. The number of aryl methyl sites for hydroxylation is 1. The van der Waals surface area contributed by atoms with Crippen molar-refractivity contribution in [2.45, 2.75) is 38.8 Å². The quantitative estimate of drug-likeness (QED) is 0.802. The molecule has 1 aromatic heterocycles. The van der Waals surface area contributed by atoms with E-state index in [0.29, 0.717) is 11.4 Å². The van der Waals surface area contributed by atoms with Crippen LogP contribution in [-0.4, -0.2) is 21.4 Å². The van der Waals surface area contributed by atoms with E-state index in [1.54, 1.807) is 18.2 Å². The molecule has 0 radical (unpaired) electrons. The molecule has 0 N–H and O–H groups in total. The Morgan fingerprint density at radius 2 is 2.08 bits per heavy atom. The van der Waals surface area contributed by atoms with Crippen LogP contribution in [0.5, 0.6) is 5.75 Å². The average Bonchev–Trinajstić information content (AvgIpc) is 2.82. The van der Waals surface area contributed by atoms with Gasteiger partial charge in [0.1, 0.15) is 17.6 Å². The molecule has 0 bridgehead atoms. The van der Waals surface area contributed by atoms with Gasteiger partial charge in [-0.05, 0) is 25.0 Å². The molecule has 124 valence electrons. The summed E-state index contributed by atoms with van der Waals surface area (Å²) in [6.07, 6.45) is 5.51. The number of hydrogen-bond acceptors (Lipinski definition) is 4. The number of fused-ring (bicyclic) bond motifs is 1. The fraction of sp³-hybridized carbons (Fsp3) is 0.353. The first kappa shape index (κ1) is 16.1. The number of halogens is 2. The molecule has 5 nitrogen and oxygen atoms in total. The number of nitrogens with zero attached hydrogens (tertiary/aromatic N) is 4. The number of aromatic nitrogens is 3. The van der Waals surface area contributed by atoms with Crippen LogP contribution < -0.4 is 4.74 Å². The molecule has 1 aliphatic rings. The SMILES string of the molecule is N#CC(=Cc1ccccc1OC(F)F)c1nnc2n1CCCCC2. The van der Waals surface area contributed by atoms with E-state index in [2.05, 4.69) is 21.0 Å². The first-order chi connectivity index (χ1) is 11.7. The van der Waals surface area contributed by atoms with Crippen molar-refractivity contribution in [1.82, 2.24) is 14.8 Å². The van der Waals surface area contributed by atoms with Crippen molar-refractivity contribution in [1.29, 1.82) is 5.26 Å². The van der Waals surface area contributed by atoms with Crippen LogP contribution >= 0.6 is 0 Å². The van der Waals surface area contributed by atoms with Crippen molar-refractivity contribution in [2.75, 3.05) is 0 Å². The predicted molar refractivity (Wildman–Crippen MR) is 84.1 cm³/mol. The third-order valence-electron chi connectivity index (χ3n) is 3.91. The molecule has 0 unspecified atom stereocenters. The molecule has 0 aliphatic carbocycles. The van der Waals surface area contributed by atoms with Gasteiger partial charge in [0.25, 0.3) is 0 Å². The van der Waals surface area contributed by atoms with Crippen molar-refractivity contribution in [3.63, 3.8) is 0 Å². The van der Waals surface area contributed by atoms with Crippen molar-refractivity contribution < 1.29 is 13.5 Å². The van der Waals surface area contributed by atoms with E-state index in [1.807, 2.05) is 4.57 Å². The van der Waals surface area contributed by atoms with Crippen LogP contribution in [0.15, 0.2) is 24.3 Å². The van der Waals surface area contributed by atoms with E-state index >= 15 is 0 Å². The number of rotatable bonds is 4. The number of ether oxygens (including phenoxy) is 1. The first-order valence-corrected chi connectivity index (χ1v) is 7.77. The third-order valence-corrected chi connectivity index (χ3v) is 3.91. The third kappa shape index (κ3) is 3.43. The fourth-order valence-corrected chi connectivity index (χ4v) is 2.79. The molecule has 2 aromatic rings. The molecule has 1 aliphatic heterocycles. The maximum Gasteiger partial charge on any atom is 0.387 e. The van der Waals surface area contributed by atoms with Crippen molar-refractivity contribution in [3.05, 3.63) is 41.5 Å². The van der Waals surface area contributed by atoms with Crippen LogP contribution in [0.25, 0.3) is 11.6 Å². The minimum Gasteiger partial charge on any atom is -0.434 e. The Morgan fingerprint density at radius 3 is 2.88 bits per heavy atom. The molecule has 0 spiro atoms. The minimum atomic E-state index is -2.92. The van der Waals surface area contributed by atoms with Gasteiger partial charge in [-0.1, -0.05) is 24.6 Å². The summed E-state index contributed by atoms with van der Waals surface area (Å²) >= 11 is 0. The highest BCUT2D eigenvalue weighted by Gasteiger charge is 2.18. The fourth-order valence-electron chi connectivity index (χ4n) is 2.79. The summed E-state index contributed by atoms with van der Waals surface area (Å²) in [7, 11) is 0. The van der Waals surface area contributed by atoms with Crippen molar-refractivity contribution in [3.8, 4) is 11.8 Å². The van der Waals surface area contributed by atoms with Crippen molar-refractivity contribution >= 4 is 11.6 Å². The number of alkyl halides is 2. The van der Waals surface area contributed by atoms with Gasteiger partial charge in [0, 0.05) is 18.5 Å². The largest absolute Gasteiger partial charge is 0.434 e. The van der Waals surface area contributed by atoms with E-state index in [1.165, 1.54) is 12.1 Å². The molecule has 24 heavy (non-hydrogen) atoms. The lowest BCUT2D eigenvalue weighted by atomic mass is 10.1. The number of nitriles is 1. The lowest BCUT2D eigenvalue weighted by Crippen LogP contribution is -2.05. The monoisotopic (exact) mass is 330 g/mol. The maximum atomic E-state index is 12.5. The van der Waals surface area contributed by atoms with E-state index < -0.39 is 6.61 Å². The molecular weight excluding hydrogens is 314 g/mol. The van der Waals surface area contributed by atoms with E-state index in [0.717, 1.165) is 38.1 Å². The molecule has 1 aromatic carbocycles. The molecule has 0 fully saturated rings. The second-order valence-electron chi connectivity index (χ2n) is 5.49. The van der Waals surface area contributed by atoms with Gasteiger partial charge in [0.2, 0.25) is 0 Å². The summed E-state index contributed by atoms with van der Waals surface area (Å²) in [4.78, 5) is 0. The zero-order chi connectivity index (χ0) is 16.9. The summed E-state index contributed by atoms with van der Waals surface area (Å²) in [5.41, 5.74) is 0.682. The number of para-hydroxylation sites is 1. The van der Waals surface area contributed by atoms with Crippen LogP contribution in [0, 0.1) is 11.3 Å². The zero-order valence-corrected chi connectivity index (χ0v) is 13.0. The van der Waals surface area contributed by atoms with Crippen LogP contribution in [0.3, 0.4) is 0 Å². The lowest BCUT2D eigenvalue weighted by Gasteiger charge is -2.09. The van der Waals surface area contributed by atoms with Crippen molar-refractivity contribution in [2.24, 2.45) is 0 Å². The van der Waals surface area contributed by atoms with E-state index in [9.17, 15) is 14.0 Å². The Morgan fingerprint density at radius 1 is 1.25 bits per heavy atom. The Balaban J connectivity index is 2.00. The molecule has 0 atom stereocenters. The van der Waals surface area contributed by atoms with Crippen LogP contribution in [0.4, 0.5) is 8.78 Å². The van der Waals surface area contributed by atoms with Crippen LogP contribution in [-0.2, 0) is 13.0 Å². The summed E-state index contributed by atoms with van der Waals surface area (Å²) < 4.78 is 31.5. The van der Waals surface area contributed by atoms with Gasteiger partial charge >= 0.3 is 6.61 Å². The topological polar surface area (TPSA) is 63.7 Å². The van der Waals surface area contributed by atoms with Gasteiger partial charge in [-0.25, -0.2) is 0 Å². The zero-order valence-electron chi connectivity index (χ0n) is 13.0. The summed E-state index contributed by atoms with van der Waals surface area (Å²) in [6.45, 7) is -2.17. The Labute approximate surface area is 138 Å². The molecule has 2 heterocycles. The highest BCUT2D eigenvalue weighted by Crippen LogP contribution is 2.26. The highest BCUT2D eigenvalue weighted by molar-refractivity contribution is 5.88. The predicted octanol–water partition coefficient (Wildman–Crippen LogP) is 3.67. The molecule has 3 rings (SSSR count). The molecule has 0 saturated heterocycles. The van der Waals surface area contributed by atoms with Gasteiger partial charge < -0.3 is 9.30 Å². The highest BCUT2D eigenvalue weighted by atomic mass is 19.3. The van der Waals surface area contributed by atoms with Gasteiger partial charge in [0.15, 0.2) is 5.82 Å². The molecule has 0 saturated carbocycles. The summed E-state index contributed by atoms with van der Waals surface area (Å²) in [5, 5.41) is 17.8. The number of benzene rings is 1. The second-order valence-corrected chi connectivity index (χ2v) is 5.49. The summed E-state index contributed by atoms with van der Waals surface area (Å²) in [6, 6.07) is 8.46. The Bertz CT molecular complexity index is 792. The Hall–Kier alpha value is -2.75. The van der Waals surface area contributed by atoms with Gasteiger partial charge in [-0.3, -0.25) is 0 Å². The first-order valence-electron chi connectivity index (χ1n) is 7.77. The average molecular weight is 330 g/mol. The van der Waals surface area contributed by atoms with Crippen LogP contribution in [0.1, 0.15) is 36.5 Å². The number of allylic oxidation sites excluding steroid dienone is 1. The molecular formula is C17H16F2N4O. The molecule has 7 heteroatoms. The van der Waals surface area contributed by atoms with E-state index in [-0.39, 0.29) is 11.3 Å². The van der Waals surface area contributed by atoms with Gasteiger partial charge in [-0.2, -0.15) is 14.0 Å². The van der Waals surface area contributed by atoms with Crippen LogP contribution in [0.2, 0.25) is 0 Å². The molecule has 0 amide bonds. The van der Waals surface area contributed by atoms with Gasteiger partial charge in [0.05, 0.1) is 5.57 Å². The normalized spacial score (nSPS) is 14.8.